The zero-order valence-corrected chi connectivity index (χ0v) is 17.8. The van der Waals surface area contributed by atoms with E-state index in [-0.39, 0.29) is 12.0 Å². The third-order valence-electron chi connectivity index (χ3n) is 4.44. The summed E-state index contributed by atoms with van der Waals surface area (Å²) >= 11 is 6.29. The summed E-state index contributed by atoms with van der Waals surface area (Å²) in [5.41, 5.74) is 2.41. The third-order valence-corrected chi connectivity index (χ3v) is 4.73. The minimum absolute atomic E-state index is 0.0307. The van der Waals surface area contributed by atoms with Gasteiger partial charge in [-0.2, -0.15) is 4.98 Å². The average Bonchev–Trinajstić information content (AvgIpc) is 3.20. The molecular weight excluding hydrogens is 406 g/mol. The Morgan fingerprint density at radius 2 is 1.87 bits per heavy atom. The van der Waals surface area contributed by atoms with Gasteiger partial charge in [0.15, 0.2) is 0 Å². The number of nitrogens with zero attached hydrogens (tertiary/aromatic N) is 2. The Hall–Kier alpha value is -3.06. The molecule has 1 atom stereocenters. The van der Waals surface area contributed by atoms with E-state index in [9.17, 15) is 4.79 Å². The van der Waals surface area contributed by atoms with Crippen LogP contribution in [0.3, 0.4) is 0 Å². The molecule has 30 heavy (non-hydrogen) atoms. The van der Waals surface area contributed by atoms with Crippen molar-refractivity contribution in [2.75, 3.05) is 11.9 Å². The molecule has 3 aromatic rings. The molecular formula is C22H24ClN3O4. The first-order chi connectivity index (χ1) is 14.3. The fraction of sp³-hybridized carbons (Fsp3) is 0.318. The van der Waals surface area contributed by atoms with Gasteiger partial charge in [0.2, 0.25) is 5.82 Å². The van der Waals surface area contributed by atoms with Crippen molar-refractivity contribution < 1.29 is 19.2 Å². The number of hydrogen-bond acceptors (Lipinski definition) is 6. The van der Waals surface area contributed by atoms with Gasteiger partial charge in [-0.15, -0.1) is 0 Å². The third kappa shape index (κ3) is 5.51. The Balaban J connectivity index is 1.66. The van der Waals surface area contributed by atoms with Crippen LogP contribution in [0.25, 0.3) is 22.8 Å². The normalized spacial score (nSPS) is 12.0. The first kappa shape index (κ1) is 21.6. The molecule has 1 heterocycles. The highest BCUT2D eigenvalue weighted by Crippen LogP contribution is 2.31. The zero-order valence-electron chi connectivity index (χ0n) is 17.1. The fourth-order valence-corrected chi connectivity index (χ4v) is 2.96. The summed E-state index contributed by atoms with van der Waals surface area (Å²) in [4.78, 5) is 15.3. The van der Waals surface area contributed by atoms with Gasteiger partial charge in [-0.05, 0) is 62.7 Å². The largest absolute Gasteiger partial charge is 0.489 e. The molecule has 0 aliphatic rings. The van der Waals surface area contributed by atoms with Crippen LogP contribution < -0.4 is 10.1 Å². The van der Waals surface area contributed by atoms with Crippen LogP contribution in [0.5, 0.6) is 5.75 Å². The molecule has 2 aromatic carbocycles. The maximum atomic E-state index is 10.9. The Morgan fingerprint density at radius 3 is 2.50 bits per heavy atom. The SMILES string of the molecule is CC(C)Oc1ccc(-c2noc(-c3ccc(NCCC(C)C(=O)O)cc3)n2)cc1Cl. The number of rotatable bonds is 9. The number of carboxylic acid groups (broad SMARTS) is 1. The van der Waals surface area contributed by atoms with Gasteiger partial charge >= 0.3 is 5.97 Å². The maximum absolute atomic E-state index is 10.9. The summed E-state index contributed by atoms with van der Waals surface area (Å²) in [7, 11) is 0. The van der Waals surface area contributed by atoms with Gasteiger partial charge in [0.1, 0.15) is 5.75 Å². The Labute approximate surface area is 180 Å². The van der Waals surface area contributed by atoms with Crippen molar-refractivity contribution in [1.82, 2.24) is 10.1 Å². The molecule has 0 radical (unpaired) electrons. The van der Waals surface area contributed by atoms with E-state index in [0.717, 1.165) is 16.8 Å². The van der Waals surface area contributed by atoms with E-state index in [1.54, 1.807) is 19.1 Å². The molecule has 0 spiro atoms. The van der Waals surface area contributed by atoms with E-state index in [1.165, 1.54) is 0 Å². The minimum Gasteiger partial charge on any atom is -0.489 e. The van der Waals surface area contributed by atoms with Crippen LogP contribution in [0, 0.1) is 5.92 Å². The van der Waals surface area contributed by atoms with Crippen molar-refractivity contribution >= 4 is 23.3 Å². The van der Waals surface area contributed by atoms with E-state index in [0.29, 0.717) is 35.5 Å². The average molecular weight is 430 g/mol. The highest BCUT2D eigenvalue weighted by atomic mass is 35.5. The lowest BCUT2D eigenvalue weighted by Crippen LogP contribution is -2.14. The van der Waals surface area contributed by atoms with Gasteiger partial charge in [0, 0.05) is 23.4 Å². The number of carboxylic acids is 1. The van der Waals surface area contributed by atoms with Crippen LogP contribution in [0.1, 0.15) is 27.2 Å². The smallest absolute Gasteiger partial charge is 0.306 e. The van der Waals surface area contributed by atoms with Crippen LogP contribution >= 0.6 is 11.6 Å². The predicted molar refractivity (Wildman–Crippen MR) is 116 cm³/mol. The molecule has 7 nitrogen and oxygen atoms in total. The van der Waals surface area contributed by atoms with Crippen LogP contribution in [0.4, 0.5) is 5.69 Å². The quantitative estimate of drug-likeness (QED) is 0.472. The van der Waals surface area contributed by atoms with Crippen molar-refractivity contribution in [3.8, 4) is 28.6 Å². The molecule has 0 bridgehead atoms. The monoisotopic (exact) mass is 429 g/mol. The van der Waals surface area contributed by atoms with Gasteiger partial charge in [0.25, 0.3) is 5.89 Å². The lowest BCUT2D eigenvalue weighted by molar-refractivity contribution is -0.141. The van der Waals surface area contributed by atoms with Crippen LogP contribution in [-0.4, -0.2) is 33.9 Å². The number of nitrogens with one attached hydrogen (secondary N) is 1. The molecule has 0 aliphatic carbocycles. The molecule has 0 amide bonds. The molecule has 0 aliphatic heterocycles. The summed E-state index contributed by atoms with van der Waals surface area (Å²) in [6, 6.07) is 12.9. The molecule has 0 saturated carbocycles. The van der Waals surface area contributed by atoms with E-state index in [1.807, 2.05) is 44.2 Å². The first-order valence-electron chi connectivity index (χ1n) is 9.71. The summed E-state index contributed by atoms with van der Waals surface area (Å²) in [5.74, 6) is 0.276. The Bertz CT molecular complexity index is 1000. The molecule has 1 unspecified atom stereocenters. The predicted octanol–water partition coefficient (Wildman–Crippen LogP) is 5.37. The summed E-state index contributed by atoms with van der Waals surface area (Å²) in [6.07, 6.45) is 0.580. The van der Waals surface area contributed by atoms with Crippen molar-refractivity contribution in [2.24, 2.45) is 5.92 Å². The number of hydrogen-bond donors (Lipinski definition) is 2. The van der Waals surface area contributed by atoms with Crippen LogP contribution in [0.2, 0.25) is 5.02 Å². The van der Waals surface area contributed by atoms with Gasteiger partial charge in [0.05, 0.1) is 17.0 Å². The van der Waals surface area contributed by atoms with Gasteiger partial charge in [-0.1, -0.05) is 23.7 Å². The van der Waals surface area contributed by atoms with Gasteiger partial charge in [-0.25, -0.2) is 0 Å². The standard InChI is InChI=1S/C22H24ClN3O4/c1-13(2)29-19-9-6-16(12-18(19)23)20-25-21(30-26-20)15-4-7-17(8-5-15)24-11-10-14(3)22(27)28/h4-9,12-14,24H,10-11H2,1-3H3,(H,27,28). The molecule has 0 fully saturated rings. The number of carbonyl (C=O) groups is 1. The molecule has 0 saturated heterocycles. The van der Waals surface area contributed by atoms with E-state index >= 15 is 0 Å². The highest BCUT2D eigenvalue weighted by Gasteiger charge is 2.14. The van der Waals surface area contributed by atoms with Crippen LogP contribution in [-0.2, 0) is 4.79 Å². The number of aliphatic carboxylic acids is 1. The van der Waals surface area contributed by atoms with Crippen molar-refractivity contribution in [2.45, 2.75) is 33.3 Å². The molecule has 8 heteroatoms. The number of benzene rings is 2. The molecule has 3 rings (SSSR count). The Kier molecular flexibility index (Phi) is 6.95. The van der Waals surface area contributed by atoms with Crippen molar-refractivity contribution in [1.29, 1.82) is 0 Å². The first-order valence-corrected chi connectivity index (χ1v) is 10.1. The van der Waals surface area contributed by atoms with E-state index in [2.05, 4.69) is 15.5 Å². The second-order valence-electron chi connectivity index (χ2n) is 7.27. The number of halogens is 1. The second kappa shape index (κ2) is 9.63. The second-order valence-corrected chi connectivity index (χ2v) is 7.67. The summed E-state index contributed by atoms with van der Waals surface area (Å²) < 4.78 is 11.0. The number of aromatic nitrogens is 2. The fourth-order valence-electron chi connectivity index (χ4n) is 2.73. The minimum atomic E-state index is -0.789. The number of ether oxygens (including phenoxy) is 1. The summed E-state index contributed by atoms with van der Waals surface area (Å²) in [6.45, 7) is 6.15. The maximum Gasteiger partial charge on any atom is 0.306 e. The van der Waals surface area contributed by atoms with E-state index in [4.69, 9.17) is 26.0 Å². The highest BCUT2D eigenvalue weighted by molar-refractivity contribution is 6.32. The lowest BCUT2D eigenvalue weighted by atomic mass is 10.1. The number of anilines is 1. The molecule has 1 aromatic heterocycles. The Morgan fingerprint density at radius 1 is 1.17 bits per heavy atom. The van der Waals surface area contributed by atoms with Crippen molar-refractivity contribution in [3.05, 3.63) is 47.5 Å². The van der Waals surface area contributed by atoms with Crippen molar-refractivity contribution in [3.63, 3.8) is 0 Å². The van der Waals surface area contributed by atoms with Crippen LogP contribution in [0.15, 0.2) is 47.0 Å². The van der Waals surface area contributed by atoms with Gasteiger partial charge in [-0.3, -0.25) is 4.79 Å². The zero-order chi connectivity index (χ0) is 21.7. The molecule has 2 N–H and O–H groups in total. The van der Waals surface area contributed by atoms with E-state index < -0.39 is 5.97 Å². The topological polar surface area (TPSA) is 97.5 Å². The molecule has 158 valence electrons. The van der Waals surface area contributed by atoms with Gasteiger partial charge < -0.3 is 19.7 Å². The summed E-state index contributed by atoms with van der Waals surface area (Å²) in [5, 5.41) is 16.7. The lowest BCUT2D eigenvalue weighted by Gasteiger charge is -2.11.